The molecule has 2 rings (SSSR count). The number of amides is 1. The maximum absolute atomic E-state index is 12.2. The molecule has 0 saturated carbocycles. The fourth-order valence-electron chi connectivity index (χ4n) is 2.15. The van der Waals surface area contributed by atoms with Gasteiger partial charge in [0.25, 0.3) is 5.91 Å². The summed E-state index contributed by atoms with van der Waals surface area (Å²) >= 11 is 5.87. The average molecular weight is 253 g/mol. The van der Waals surface area contributed by atoms with Crippen molar-refractivity contribution >= 4 is 17.5 Å². The van der Waals surface area contributed by atoms with Crippen LogP contribution in [-0.4, -0.2) is 28.9 Å². The normalized spacial score (nSPS) is 21.1. The second-order valence-electron chi connectivity index (χ2n) is 4.69. The van der Waals surface area contributed by atoms with Gasteiger partial charge in [0, 0.05) is 24.3 Å². The lowest BCUT2D eigenvalue weighted by molar-refractivity contribution is 0.0754. The van der Waals surface area contributed by atoms with E-state index in [0.29, 0.717) is 16.6 Å². The first-order valence-corrected chi connectivity index (χ1v) is 6.45. The van der Waals surface area contributed by atoms with Crippen LogP contribution in [0.5, 0.6) is 0 Å². The van der Waals surface area contributed by atoms with E-state index < -0.39 is 0 Å². The molecule has 1 fully saturated rings. The summed E-state index contributed by atoms with van der Waals surface area (Å²) in [7, 11) is 0. The third-order valence-corrected chi connectivity index (χ3v) is 3.48. The Hall–Kier alpha value is -1.09. The Morgan fingerprint density at radius 2 is 2.29 bits per heavy atom. The minimum absolute atomic E-state index is 0.00148. The maximum Gasteiger partial charge on any atom is 0.272 e. The Kier molecular flexibility index (Phi) is 4.00. The predicted molar refractivity (Wildman–Crippen MR) is 68.2 cm³/mol. The molecular formula is C13H17ClN2O. The molecule has 2 heterocycles. The van der Waals surface area contributed by atoms with E-state index in [1.54, 1.807) is 18.3 Å². The lowest BCUT2D eigenvalue weighted by Gasteiger charge is -2.19. The number of hydrogen-bond acceptors (Lipinski definition) is 2. The summed E-state index contributed by atoms with van der Waals surface area (Å²) in [5.41, 5.74) is 0.451. The van der Waals surface area contributed by atoms with Gasteiger partial charge in [-0.2, -0.15) is 0 Å². The zero-order valence-electron chi connectivity index (χ0n) is 10.0. The van der Waals surface area contributed by atoms with Gasteiger partial charge in [-0.05, 0) is 37.3 Å². The van der Waals surface area contributed by atoms with Gasteiger partial charge in [-0.25, -0.2) is 0 Å². The number of pyridine rings is 1. The van der Waals surface area contributed by atoms with E-state index in [2.05, 4.69) is 11.9 Å². The molecule has 1 saturated heterocycles. The molecule has 0 spiro atoms. The molecule has 1 aliphatic heterocycles. The van der Waals surface area contributed by atoms with Crippen molar-refractivity contribution in [1.29, 1.82) is 0 Å². The molecule has 1 aliphatic rings. The number of aromatic nitrogens is 1. The molecule has 1 amide bonds. The Bertz CT molecular complexity index is 408. The first kappa shape index (κ1) is 12.4. The van der Waals surface area contributed by atoms with Crippen LogP contribution in [-0.2, 0) is 0 Å². The smallest absolute Gasteiger partial charge is 0.272 e. The Balaban J connectivity index is 2.09. The summed E-state index contributed by atoms with van der Waals surface area (Å²) in [5, 5.41) is 0.562. The summed E-state index contributed by atoms with van der Waals surface area (Å²) < 4.78 is 0. The molecule has 17 heavy (non-hydrogen) atoms. The number of carbonyl (C=O) groups is 1. The average Bonchev–Trinajstić information content (AvgIpc) is 2.53. The highest BCUT2D eigenvalue weighted by molar-refractivity contribution is 6.30. The van der Waals surface area contributed by atoms with Crippen LogP contribution in [0, 0.1) is 5.92 Å². The van der Waals surface area contributed by atoms with Crippen molar-refractivity contribution in [2.45, 2.75) is 26.2 Å². The van der Waals surface area contributed by atoms with E-state index in [1.165, 1.54) is 6.42 Å². The van der Waals surface area contributed by atoms with Crippen LogP contribution < -0.4 is 0 Å². The molecule has 0 aliphatic carbocycles. The summed E-state index contributed by atoms with van der Waals surface area (Å²) in [6.45, 7) is 3.90. The quantitative estimate of drug-likeness (QED) is 0.770. The van der Waals surface area contributed by atoms with Crippen LogP contribution in [0.3, 0.4) is 0 Å². The van der Waals surface area contributed by atoms with Gasteiger partial charge in [0.05, 0.1) is 0 Å². The predicted octanol–water partition coefficient (Wildman–Crippen LogP) is 3.00. The van der Waals surface area contributed by atoms with Crippen LogP contribution in [0.25, 0.3) is 0 Å². The van der Waals surface area contributed by atoms with Crippen molar-refractivity contribution in [1.82, 2.24) is 9.88 Å². The molecule has 1 aromatic heterocycles. The van der Waals surface area contributed by atoms with Gasteiger partial charge in [0.1, 0.15) is 5.69 Å². The van der Waals surface area contributed by atoms with E-state index >= 15 is 0 Å². The van der Waals surface area contributed by atoms with E-state index in [4.69, 9.17) is 11.6 Å². The molecular weight excluding hydrogens is 236 g/mol. The fourth-order valence-corrected chi connectivity index (χ4v) is 2.31. The van der Waals surface area contributed by atoms with Gasteiger partial charge >= 0.3 is 0 Å². The van der Waals surface area contributed by atoms with Crippen LogP contribution in [0.2, 0.25) is 5.02 Å². The van der Waals surface area contributed by atoms with E-state index in [1.807, 2.05) is 4.90 Å². The number of hydrogen-bond donors (Lipinski definition) is 0. The Labute approximate surface area is 107 Å². The third-order valence-electron chi connectivity index (χ3n) is 3.25. The minimum Gasteiger partial charge on any atom is -0.337 e. The molecule has 1 unspecified atom stereocenters. The molecule has 92 valence electrons. The van der Waals surface area contributed by atoms with Crippen molar-refractivity contribution in [3.05, 3.63) is 29.0 Å². The number of carbonyl (C=O) groups excluding carboxylic acids is 1. The van der Waals surface area contributed by atoms with Gasteiger partial charge in [0.15, 0.2) is 0 Å². The summed E-state index contributed by atoms with van der Waals surface area (Å²) in [6, 6.07) is 3.32. The summed E-state index contributed by atoms with van der Waals surface area (Å²) in [6.07, 6.45) is 4.93. The van der Waals surface area contributed by atoms with Crippen molar-refractivity contribution < 1.29 is 4.79 Å². The molecule has 1 aromatic rings. The minimum atomic E-state index is 0.00148. The fraction of sp³-hybridized carbons (Fsp3) is 0.538. The first-order chi connectivity index (χ1) is 8.16. The SMILES string of the molecule is CC1CCCN(C(=O)c2cc(Cl)ccn2)CC1. The largest absolute Gasteiger partial charge is 0.337 e. The number of likely N-dealkylation sites (tertiary alicyclic amines) is 1. The third kappa shape index (κ3) is 3.19. The van der Waals surface area contributed by atoms with Gasteiger partial charge in [0.2, 0.25) is 0 Å². The molecule has 0 bridgehead atoms. The van der Waals surface area contributed by atoms with Gasteiger partial charge in [-0.3, -0.25) is 9.78 Å². The molecule has 0 N–H and O–H groups in total. The van der Waals surface area contributed by atoms with Crippen molar-refractivity contribution in [2.75, 3.05) is 13.1 Å². The van der Waals surface area contributed by atoms with Gasteiger partial charge in [-0.1, -0.05) is 18.5 Å². The molecule has 1 atom stereocenters. The topological polar surface area (TPSA) is 33.2 Å². The molecule has 0 aromatic carbocycles. The van der Waals surface area contributed by atoms with E-state index in [9.17, 15) is 4.79 Å². The molecule has 4 heteroatoms. The van der Waals surface area contributed by atoms with Gasteiger partial charge < -0.3 is 4.90 Å². The van der Waals surface area contributed by atoms with E-state index in [-0.39, 0.29) is 5.91 Å². The first-order valence-electron chi connectivity index (χ1n) is 6.07. The highest BCUT2D eigenvalue weighted by atomic mass is 35.5. The van der Waals surface area contributed by atoms with Crippen molar-refractivity contribution in [3.63, 3.8) is 0 Å². The monoisotopic (exact) mass is 252 g/mol. The second-order valence-corrected chi connectivity index (χ2v) is 5.12. The molecule has 3 nitrogen and oxygen atoms in total. The lowest BCUT2D eigenvalue weighted by atomic mass is 10.0. The number of halogens is 1. The van der Waals surface area contributed by atoms with Crippen LogP contribution in [0.15, 0.2) is 18.3 Å². The van der Waals surface area contributed by atoms with E-state index in [0.717, 1.165) is 25.9 Å². The summed E-state index contributed by atoms with van der Waals surface area (Å²) in [4.78, 5) is 18.2. The standard InChI is InChI=1S/C13H17ClN2O/c1-10-3-2-7-16(8-5-10)13(17)12-9-11(14)4-6-15-12/h4,6,9-10H,2-3,5,7-8H2,1H3. The van der Waals surface area contributed by atoms with Crippen LogP contribution in [0.1, 0.15) is 36.7 Å². The van der Waals surface area contributed by atoms with Gasteiger partial charge in [-0.15, -0.1) is 0 Å². The highest BCUT2D eigenvalue weighted by Crippen LogP contribution is 2.18. The summed E-state index contributed by atoms with van der Waals surface area (Å²) in [5.74, 6) is 0.710. The highest BCUT2D eigenvalue weighted by Gasteiger charge is 2.20. The van der Waals surface area contributed by atoms with Crippen molar-refractivity contribution in [2.24, 2.45) is 5.92 Å². The molecule has 0 radical (unpaired) electrons. The number of rotatable bonds is 1. The Morgan fingerprint density at radius 3 is 3.06 bits per heavy atom. The lowest BCUT2D eigenvalue weighted by Crippen LogP contribution is -2.32. The second kappa shape index (κ2) is 5.50. The van der Waals surface area contributed by atoms with Crippen LogP contribution in [0.4, 0.5) is 0 Å². The Morgan fingerprint density at radius 1 is 1.47 bits per heavy atom. The van der Waals surface area contributed by atoms with Crippen LogP contribution >= 0.6 is 11.6 Å². The maximum atomic E-state index is 12.2. The zero-order chi connectivity index (χ0) is 12.3. The number of nitrogens with zero attached hydrogens (tertiary/aromatic N) is 2. The zero-order valence-corrected chi connectivity index (χ0v) is 10.8. The van der Waals surface area contributed by atoms with Crippen molar-refractivity contribution in [3.8, 4) is 0 Å².